The normalized spacial score (nSPS) is 16.2. The predicted octanol–water partition coefficient (Wildman–Crippen LogP) is 3.08. The van der Waals surface area contributed by atoms with E-state index in [9.17, 15) is 9.59 Å². The summed E-state index contributed by atoms with van der Waals surface area (Å²) in [6.07, 6.45) is 6.47. The van der Waals surface area contributed by atoms with Gasteiger partial charge in [-0.2, -0.15) is 0 Å². The molecule has 2 rings (SSSR count). The van der Waals surface area contributed by atoms with Gasteiger partial charge in [0.05, 0.1) is 0 Å². The molecular weight excluding hydrogens is 326 g/mol. The highest BCUT2D eigenvalue weighted by atomic mass is 32.1. The molecular formula is C17H25N3O3S. The smallest absolute Gasteiger partial charge is 0.358 e. The number of esters is 1. The Hall–Kier alpha value is -1.89. The van der Waals surface area contributed by atoms with Gasteiger partial charge in [0.1, 0.15) is 0 Å². The van der Waals surface area contributed by atoms with Gasteiger partial charge in [-0.15, -0.1) is 17.9 Å². The largest absolute Gasteiger partial charge is 0.448 e. The molecule has 7 heteroatoms. The van der Waals surface area contributed by atoms with Crippen molar-refractivity contribution < 1.29 is 14.3 Å². The number of anilines is 1. The van der Waals surface area contributed by atoms with Gasteiger partial charge in [0.2, 0.25) is 0 Å². The predicted molar refractivity (Wildman–Crippen MR) is 95.3 cm³/mol. The van der Waals surface area contributed by atoms with Crippen LogP contribution in [-0.2, 0) is 9.53 Å². The second-order valence-corrected chi connectivity index (χ2v) is 6.85. The molecule has 0 spiro atoms. The molecule has 24 heavy (non-hydrogen) atoms. The highest BCUT2D eigenvalue weighted by Gasteiger charge is 2.28. The summed E-state index contributed by atoms with van der Waals surface area (Å²) in [7, 11) is 1.79. The fraction of sp³-hybridized carbons (Fsp3) is 0.588. The highest BCUT2D eigenvalue weighted by molar-refractivity contribution is 7.13. The third-order valence-electron chi connectivity index (χ3n) is 4.21. The fourth-order valence-electron chi connectivity index (χ4n) is 2.81. The summed E-state index contributed by atoms with van der Waals surface area (Å²) in [5, 5.41) is 5.26. The minimum absolute atomic E-state index is 0.157. The van der Waals surface area contributed by atoms with Crippen molar-refractivity contribution in [1.29, 1.82) is 0 Å². The van der Waals surface area contributed by atoms with E-state index in [2.05, 4.69) is 16.9 Å². The summed E-state index contributed by atoms with van der Waals surface area (Å²) < 4.78 is 5.29. The van der Waals surface area contributed by atoms with Crippen LogP contribution in [0.3, 0.4) is 0 Å². The molecule has 1 atom stereocenters. The Morgan fingerprint density at radius 2 is 2.21 bits per heavy atom. The van der Waals surface area contributed by atoms with Gasteiger partial charge in [0.15, 0.2) is 16.9 Å². The van der Waals surface area contributed by atoms with E-state index in [0.29, 0.717) is 11.7 Å². The van der Waals surface area contributed by atoms with Crippen molar-refractivity contribution in [2.75, 3.05) is 18.9 Å². The van der Waals surface area contributed by atoms with E-state index in [4.69, 9.17) is 4.74 Å². The van der Waals surface area contributed by atoms with Crippen molar-refractivity contribution in [1.82, 2.24) is 9.88 Å². The molecule has 0 saturated heterocycles. The van der Waals surface area contributed by atoms with E-state index in [1.165, 1.54) is 17.8 Å². The van der Waals surface area contributed by atoms with Gasteiger partial charge in [0, 0.05) is 25.0 Å². The van der Waals surface area contributed by atoms with E-state index in [-0.39, 0.29) is 17.6 Å². The number of amides is 1. The molecule has 1 amide bonds. The summed E-state index contributed by atoms with van der Waals surface area (Å²) in [5.41, 5.74) is 0.214. The topological polar surface area (TPSA) is 71.5 Å². The Morgan fingerprint density at radius 1 is 1.50 bits per heavy atom. The van der Waals surface area contributed by atoms with Gasteiger partial charge in [0.25, 0.3) is 5.91 Å². The summed E-state index contributed by atoms with van der Waals surface area (Å²) in [6, 6.07) is 0.251. The van der Waals surface area contributed by atoms with Crippen LogP contribution in [0.2, 0.25) is 0 Å². The molecule has 1 heterocycles. The van der Waals surface area contributed by atoms with Crippen LogP contribution < -0.4 is 5.32 Å². The lowest BCUT2D eigenvalue weighted by molar-refractivity contribution is -0.141. The highest BCUT2D eigenvalue weighted by Crippen LogP contribution is 2.22. The fourth-order valence-corrected chi connectivity index (χ4v) is 3.50. The molecule has 0 bridgehead atoms. The van der Waals surface area contributed by atoms with Crippen molar-refractivity contribution in [2.45, 2.75) is 51.2 Å². The molecule has 0 aromatic carbocycles. The molecule has 6 nitrogen and oxygen atoms in total. The van der Waals surface area contributed by atoms with Gasteiger partial charge in [-0.25, -0.2) is 9.78 Å². The number of aromatic nitrogens is 1. The van der Waals surface area contributed by atoms with Crippen LogP contribution >= 0.6 is 11.3 Å². The average molecular weight is 351 g/mol. The first-order valence-electron chi connectivity index (χ1n) is 8.31. The Kier molecular flexibility index (Phi) is 6.78. The number of nitrogens with zero attached hydrogens (tertiary/aromatic N) is 2. The lowest BCUT2D eigenvalue weighted by atomic mass is 9.94. The van der Waals surface area contributed by atoms with Crippen LogP contribution in [0.5, 0.6) is 0 Å². The van der Waals surface area contributed by atoms with Crippen LogP contribution in [0.15, 0.2) is 18.0 Å². The van der Waals surface area contributed by atoms with Crippen molar-refractivity contribution in [3.8, 4) is 0 Å². The minimum atomic E-state index is -0.810. The third kappa shape index (κ3) is 4.80. The molecule has 0 radical (unpaired) electrons. The molecule has 0 unspecified atom stereocenters. The molecule has 1 fully saturated rings. The summed E-state index contributed by atoms with van der Waals surface area (Å²) >= 11 is 1.32. The number of carbonyl (C=O) groups excluding carboxylic acids is 2. The average Bonchev–Trinajstić information content (AvgIpc) is 3.08. The lowest BCUT2D eigenvalue weighted by Crippen LogP contribution is -2.44. The van der Waals surface area contributed by atoms with Gasteiger partial charge in [-0.1, -0.05) is 25.3 Å². The van der Waals surface area contributed by atoms with Crippen molar-refractivity contribution in [3.63, 3.8) is 0 Å². The van der Waals surface area contributed by atoms with Crippen LogP contribution in [0.4, 0.5) is 5.13 Å². The van der Waals surface area contributed by atoms with Crippen LogP contribution in [0, 0.1) is 0 Å². The molecule has 132 valence electrons. The standard InChI is InChI=1S/C17H25N3O3S/c1-4-10-18-17-19-14(11-24-17)16(22)23-12(2)15(21)20(3)13-8-6-5-7-9-13/h4,11-13H,1,5-10H2,2-3H3,(H,18,19)/t12-/m0/s1. The molecule has 1 aliphatic rings. The molecule has 1 N–H and O–H groups in total. The summed E-state index contributed by atoms with van der Waals surface area (Å²) in [6.45, 7) is 5.80. The van der Waals surface area contributed by atoms with Gasteiger partial charge in [-0.05, 0) is 19.8 Å². The van der Waals surface area contributed by atoms with Gasteiger partial charge >= 0.3 is 5.97 Å². The molecule has 1 aromatic heterocycles. The van der Waals surface area contributed by atoms with E-state index >= 15 is 0 Å². The minimum Gasteiger partial charge on any atom is -0.448 e. The Balaban J connectivity index is 1.88. The van der Waals surface area contributed by atoms with Crippen molar-refractivity contribution in [2.24, 2.45) is 0 Å². The van der Waals surface area contributed by atoms with E-state index < -0.39 is 12.1 Å². The first kappa shape index (κ1) is 18.4. The van der Waals surface area contributed by atoms with Crippen LogP contribution in [0.25, 0.3) is 0 Å². The number of ether oxygens (including phenoxy) is 1. The number of thiazole rings is 1. The Morgan fingerprint density at radius 3 is 2.88 bits per heavy atom. The maximum Gasteiger partial charge on any atom is 0.358 e. The lowest BCUT2D eigenvalue weighted by Gasteiger charge is -2.32. The van der Waals surface area contributed by atoms with Crippen LogP contribution in [-0.4, -0.2) is 47.5 Å². The van der Waals surface area contributed by atoms with E-state index in [0.717, 1.165) is 25.7 Å². The number of rotatable bonds is 7. The second-order valence-electron chi connectivity index (χ2n) is 6.00. The van der Waals surface area contributed by atoms with E-state index in [1.54, 1.807) is 30.3 Å². The first-order valence-corrected chi connectivity index (χ1v) is 9.19. The number of hydrogen-bond donors (Lipinski definition) is 1. The maximum absolute atomic E-state index is 12.5. The monoisotopic (exact) mass is 351 g/mol. The van der Waals surface area contributed by atoms with Crippen molar-refractivity contribution in [3.05, 3.63) is 23.7 Å². The van der Waals surface area contributed by atoms with Gasteiger partial charge in [-0.3, -0.25) is 4.79 Å². The molecule has 0 aliphatic heterocycles. The number of hydrogen-bond acceptors (Lipinski definition) is 6. The second kappa shape index (κ2) is 8.82. The molecule has 1 aliphatic carbocycles. The number of carbonyl (C=O) groups is 2. The zero-order valence-electron chi connectivity index (χ0n) is 14.3. The molecule has 1 aromatic rings. The first-order chi connectivity index (χ1) is 11.5. The molecule has 1 saturated carbocycles. The number of nitrogens with one attached hydrogen (secondary N) is 1. The van der Waals surface area contributed by atoms with Crippen molar-refractivity contribution >= 4 is 28.3 Å². The zero-order valence-corrected chi connectivity index (χ0v) is 15.1. The zero-order chi connectivity index (χ0) is 17.5. The SMILES string of the molecule is C=CCNc1nc(C(=O)O[C@@H](C)C(=O)N(C)C2CCCCC2)cs1. The van der Waals surface area contributed by atoms with E-state index in [1.807, 2.05) is 0 Å². The summed E-state index contributed by atoms with van der Waals surface area (Å²) in [4.78, 5) is 30.5. The summed E-state index contributed by atoms with van der Waals surface area (Å²) in [5.74, 6) is -0.730. The Bertz CT molecular complexity index is 581. The van der Waals surface area contributed by atoms with Crippen LogP contribution in [0.1, 0.15) is 49.5 Å². The van der Waals surface area contributed by atoms with Gasteiger partial charge < -0.3 is 15.0 Å². The number of likely N-dealkylation sites (N-methyl/N-ethyl adjacent to an activating group) is 1. The quantitative estimate of drug-likeness (QED) is 0.604. The Labute approximate surface area is 146 Å². The maximum atomic E-state index is 12.5. The third-order valence-corrected chi connectivity index (χ3v) is 5.01.